The average molecular weight is 591 g/mol. The Hall–Kier alpha value is -4.66. The van der Waals surface area contributed by atoms with Crippen LogP contribution in [-0.2, 0) is 17.6 Å². The number of carboxylic acid groups (broad SMARTS) is 1. The number of carbonyl (C=O) groups is 2. The van der Waals surface area contributed by atoms with Gasteiger partial charge >= 0.3 is 5.97 Å². The van der Waals surface area contributed by atoms with Gasteiger partial charge in [-0.25, -0.2) is 9.78 Å². The van der Waals surface area contributed by atoms with Crippen molar-refractivity contribution in [3.05, 3.63) is 88.6 Å². The van der Waals surface area contributed by atoms with Crippen LogP contribution in [0.15, 0.2) is 60.8 Å². The van der Waals surface area contributed by atoms with Crippen LogP contribution in [0.25, 0.3) is 17.1 Å². The molecule has 44 heavy (non-hydrogen) atoms. The highest BCUT2D eigenvalue weighted by Gasteiger charge is 2.35. The first-order valence-corrected chi connectivity index (χ1v) is 15.8. The van der Waals surface area contributed by atoms with Crippen LogP contribution < -0.4 is 11.1 Å². The van der Waals surface area contributed by atoms with Crippen molar-refractivity contribution in [1.29, 1.82) is 0 Å². The van der Waals surface area contributed by atoms with Gasteiger partial charge in [0.25, 0.3) is 0 Å². The number of aromatic carboxylic acids is 1. The number of pyridine rings is 1. The number of fused-ring (bicyclic) bond motifs is 1. The summed E-state index contributed by atoms with van der Waals surface area (Å²) in [5, 5.41) is 17.4. The fourth-order valence-electron chi connectivity index (χ4n) is 7.05. The van der Waals surface area contributed by atoms with E-state index in [0.717, 1.165) is 75.0 Å². The molecule has 226 valence electrons. The molecule has 3 heterocycles. The molecular weight excluding hydrogens is 552 g/mol. The molecule has 1 saturated heterocycles. The summed E-state index contributed by atoms with van der Waals surface area (Å²) in [7, 11) is 0. The summed E-state index contributed by atoms with van der Waals surface area (Å²) in [6.07, 6.45) is 8.38. The van der Waals surface area contributed by atoms with Crippen LogP contribution in [0.3, 0.4) is 0 Å². The zero-order chi connectivity index (χ0) is 30.4. The van der Waals surface area contributed by atoms with E-state index in [2.05, 4.69) is 58.6 Å². The number of carboxylic acids is 1. The lowest BCUT2D eigenvalue weighted by Crippen LogP contribution is -2.38. The van der Waals surface area contributed by atoms with Crippen LogP contribution in [-0.4, -0.2) is 49.7 Å². The summed E-state index contributed by atoms with van der Waals surface area (Å²) in [6, 6.07) is 19.0. The molecule has 1 amide bonds. The molecule has 2 aromatic heterocycles. The first kappa shape index (κ1) is 28.1. The SMILES string of the molecule is CCc1cc(NC2CCc3cccc(-c4cccc(-n5ncc(C(=O)O)c5N)n4)c32)ccc1C1CCN(C(=O)C2CC2)CC1. The van der Waals surface area contributed by atoms with Crippen LogP contribution >= 0.6 is 0 Å². The maximum Gasteiger partial charge on any atom is 0.341 e. The first-order chi connectivity index (χ1) is 21.4. The smallest absolute Gasteiger partial charge is 0.341 e. The maximum atomic E-state index is 12.5. The topological polar surface area (TPSA) is 126 Å². The molecule has 3 aliphatic rings. The van der Waals surface area contributed by atoms with Gasteiger partial charge < -0.3 is 21.1 Å². The predicted octanol–water partition coefficient (Wildman–Crippen LogP) is 5.99. The van der Waals surface area contributed by atoms with Crippen LogP contribution in [0.1, 0.15) is 83.6 Å². The molecule has 1 unspecified atom stereocenters. The van der Waals surface area contributed by atoms with Crippen molar-refractivity contribution in [3.8, 4) is 17.1 Å². The fourth-order valence-corrected chi connectivity index (χ4v) is 7.05. The van der Waals surface area contributed by atoms with E-state index in [4.69, 9.17) is 10.7 Å². The van der Waals surface area contributed by atoms with Gasteiger partial charge in [-0.2, -0.15) is 9.78 Å². The van der Waals surface area contributed by atoms with Crippen molar-refractivity contribution in [2.45, 2.75) is 63.8 Å². The van der Waals surface area contributed by atoms with Gasteiger partial charge in [-0.3, -0.25) is 4.79 Å². The number of nitrogens with one attached hydrogen (secondary N) is 1. The Labute approximate surface area is 257 Å². The lowest BCUT2D eigenvalue weighted by molar-refractivity contribution is -0.133. The van der Waals surface area contributed by atoms with Crippen molar-refractivity contribution in [1.82, 2.24) is 19.7 Å². The number of hydrogen-bond acceptors (Lipinski definition) is 6. The number of nitrogen functional groups attached to an aromatic ring is 1. The van der Waals surface area contributed by atoms with Gasteiger partial charge in [0.2, 0.25) is 5.91 Å². The van der Waals surface area contributed by atoms with E-state index < -0.39 is 5.97 Å². The quantitative estimate of drug-likeness (QED) is 0.230. The van der Waals surface area contributed by atoms with Gasteiger partial charge in [0.1, 0.15) is 11.4 Å². The number of aryl methyl sites for hydroxylation is 2. The number of amides is 1. The number of rotatable bonds is 8. The summed E-state index contributed by atoms with van der Waals surface area (Å²) >= 11 is 0. The Morgan fingerprint density at radius 1 is 1.02 bits per heavy atom. The number of nitrogens with two attached hydrogens (primary N) is 1. The van der Waals surface area contributed by atoms with Crippen LogP contribution in [0.2, 0.25) is 0 Å². The Bertz CT molecular complexity index is 1730. The Morgan fingerprint density at radius 3 is 2.55 bits per heavy atom. The molecule has 2 aromatic carbocycles. The maximum absolute atomic E-state index is 12.5. The van der Waals surface area contributed by atoms with Gasteiger partial charge in [0.15, 0.2) is 5.82 Å². The first-order valence-electron chi connectivity index (χ1n) is 15.8. The molecule has 9 nitrogen and oxygen atoms in total. The molecule has 4 N–H and O–H groups in total. The highest BCUT2D eigenvalue weighted by Crippen LogP contribution is 2.41. The molecule has 1 aliphatic heterocycles. The normalized spacial score (nSPS) is 18.3. The second-order valence-electron chi connectivity index (χ2n) is 12.3. The predicted molar refractivity (Wildman–Crippen MR) is 170 cm³/mol. The summed E-state index contributed by atoms with van der Waals surface area (Å²) in [5.41, 5.74) is 14.3. The average Bonchev–Trinajstić information content (AvgIpc) is 3.71. The van der Waals surface area contributed by atoms with Gasteiger partial charge in [-0.15, -0.1) is 0 Å². The van der Waals surface area contributed by atoms with Crippen molar-refractivity contribution in [2.75, 3.05) is 24.1 Å². The van der Waals surface area contributed by atoms with E-state index in [0.29, 0.717) is 23.6 Å². The number of nitrogens with zero attached hydrogens (tertiary/aromatic N) is 4. The Kier molecular flexibility index (Phi) is 7.32. The second kappa shape index (κ2) is 11.4. The highest BCUT2D eigenvalue weighted by atomic mass is 16.4. The molecule has 4 aromatic rings. The third-order valence-electron chi connectivity index (χ3n) is 9.55. The van der Waals surface area contributed by atoms with E-state index in [9.17, 15) is 14.7 Å². The summed E-state index contributed by atoms with van der Waals surface area (Å²) in [4.78, 5) is 31.0. The molecule has 0 spiro atoms. The number of aromatic nitrogens is 3. The van der Waals surface area contributed by atoms with Crippen molar-refractivity contribution in [2.24, 2.45) is 5.92 Å². The van der Waals surface area contributed by atoms with Crippen LogP contribution in [0.5, 0.6) is 0 Å². The third-order valence-corrected chi connectivity index (χ3v) is 9.55. The number of piperidine rings is 1. The number of benzene rings is 2. The minimum absolute atomic E-state index is 0.0475. The Balaban J connectivity index is 1.12. The molecule has 0 radical (unpaired) electrons. The minimum atomic E-state index is -1.12. The molecule has 2 fully saturated rings. The molecule has 0 bridgehead atoms. The molecule has 2 aliphatic carbocycles. The summed E-state index contributed by atoms with van der Waals surface area (Å²) < 4.78 is 1.37. The fraction of sp³-hybridized carbons (Fsp3) is 0.371. The molecular formula is C35H38N6O3. The van der Waals surface area contributed by atoms with E-state index in [-0.39, 0.29) is 17.4 Å². The number of anilines is 2. The van der Waals surface area contributed by atoms with E-state index in [1.807, 2.05) is 12.1 Å². The lowest BCUT2D eigenvalue weighted by Gasteiger charge is -2.33. The van der Waals surface area contributed by atoms with Crippen molar-refractivity contribution < 1.29 is 14.7 Å². The highest BCUT2D eigenvalue weighted by molar-refractivity contribution is 5.92. The van der Waals surface area contributed by atoms with Gasteiger partial charge in [0.05, 0.1) is 17.9 Å². The lowest BCUT2D eigenvalue weighted by atomic mass is 9.85. The van der Waals surface area contributed by atoms with Crippen LogP contribution in [0.4, 0.5) is 11.5 Å². The second-order valence-corrected chi connectivity index (χ2v) is 12.3. The monoisotopic (exact) mass is 590 g/mol. The number of carbonyl (C=O) groups excluding carboxylic acids is 1. The zero-order valence-corrected chi connectivity index (χ0v) is 25.0. The Morgan fingerprint density at radius 2 is 1.82 bits per heavy atom. The van der Waals surface area contributed by atoms with Gasteiger partial charge in [-0.05, 0) is 97.4 Å². The molecule has 7 rings (SSSR count). The molecule has 9 heteroatoms. The number of hydrogen-bond donors (Lipinski definition) is 3. The van der Waals surface area contributed by atoms with Crippen molar-refractivity contribution >= 4 is 23.4 Å². The zero-order valence-electron chi connectivity index (χ0n) is 25.0. The van der Waals surface area contributed by atoms with Gasteiger partial charge in [0, 0.05) is 30.3 Å². The van der Waals surface area contributed by atoms with E-state index >= 15 is 0 Å². The summed E-state index contributed by atoms with van der Waals surface area (Å²) in [5.74, 6) is 0.562. The molecule has 1 atom stereocenters. The third kappa shape index (κ3) is 5.20. The summed E-state index contributed by atoms with van der Waals surface area (Å²) in [6.45, 7) is 3.96. The molecule has 1 saturated carbocycles. The van der Waals surface area contributed by atoms with Gasteiger partial charge in [-0.1, -0.05) is 37.3 Å². The largest absolute Gasteiger partial charge is 0.477 e. The van der Waals surface area contributed by atoms with Crippen molar-refractivity contribution in [3.63, 3.8) is 0 Å². The van der Waals surface area contributed by atoms with E-state index in [1.165, 1.54) is 33.1 Å². The number of likely N-dealkylation sites (tertiary alicyclic amines) is 1. The van der Waals surface area contributed by atoms with E-state index in [1.54, 1.807) is 6.07 Å². The minimum Gasteiger partial charge on any atom is -0.477 e. The van der Waals surface area contributed by atoms with Crippen LogP contribution in [0, 0.1) is 5.92 Å². The standard InChI is InChI=1S/C35H38N6O3/c1-2-21-19-25(12-13-26(21)22-15-17-40(18-16-22)34(42)24-9-10-24)38-30-14-11-23-5-3-6-27(32(23)30)29-7-4-8-31(39-29)41-33(36)28(20-37-41)35(43)44/h3-8,12-13,19-20,22,24,30,38H,2,9-11,14-18,36H2,1H3,(H,43,44).